The highest BCUT2D eigenvalue weighted by atomic mass is 19.4. The number of halogens is 5. The molecule has 3 heterocycles. The molecule has 0 aromatic carbocycles. The van der Waals surface area contributed by atoms with E-state index >= 15 is 0 Å². The molecule has 0 spiro atoms. The van der Waals surface area contributed by atoms with Gasteiger partial charge >= 0.3 is 6.18 Å². The molecule has 3 aliphatic carbocycles. The summed E-state index contributed by atoms with van der Waals surface area (Å²) in [5, 5.41) is 17.5. The van der Waals surface area contributed by atoms with E-state index in [1.54, 1.807) is 12.3 Å². The normalized spacial score (nSPS) is 20.2. The Hall–Kier alpha value is -3.69. The summed E-state index contributed by atoms with van der Waals surface area (Å²) in [6.07, 6.45) is 1.16. The predicted octanol–water partition coefficient (Wildman–Crippen LogP) is 4.82. The molecule has 2 amide bonds. The van der Waals surface area contributed by atoms with Crippen molar-refractivity contribution in [2.24, 2.45) is 11.8 Å². The van der Waals surface area contributed by atoms with Gasteiger partial charge in [-0.1, -0.05) is 5.16 Å². The van der Waals surface area contributed by atoms with Gasteiger partial charge in [-0.2, -0.15) is 18.3 Å². The number of hydrogen-bond donors (Lipinski definition) is 2. The number of ether oxygens (including phenoxy) is 1. The maximum atomic E-state index is 13.6. The van der Waals surface area contributed by atoms with E-state index in [-0.39, 0.29) is 54.3 Å². The molecule has 0 radical (unpaired) electrons. The molecule has 6 rings (SSSR count). The van der Waals surface area contributed by atoms with Crippen LogP contribution in [0.2, 0.25) is 0 Å². The number of amides is 2. The average molecular weight is 626 g/mol. The number of alkyl halides is 5. The van der Waals surface area contributed by atoms with Gasteiger partial charge in [0.25, 0.3) is 5.91 Å². The Morgan fingerprint density at radius 1 is 1.14 bits per heavy atom. The van der Waals surface area contributed by atoms with Crippen LogP contribution in [0.5, 0.6) is 0 Å². The van der Waals surface area contributed by atoms with Gasteiger partial charge in [0.05, 0.1) is 36.8 Å². The molecule has 1 unspecified atom stereocenters. The zero-order valence-electron chi connectivity index (χ0n) is 24.0. The lowest BCUT2D eigenvalue weighted by Crippen LogP contribution is -2.44. The van der Waals surface area contributed by atoms with Crippen LogP contribution in [-0.4, -0.2) is 61.0 Å². The summed E-state index contributed by atoms with van der Waals surface area (Å²) >= 11 is 0. The standard InChI is InChI=1S/C28H32F5N7O4/c1-26(2,28(31,32)33)43-13-19(36-25(42)24-23(16-5-6-16)38-44-39-24)18-12-40-20(35-18)8-17(11-34-40)22(15-3-4-15)37-21(41)7-14-9-27(29,30)10-14/h8,11-12,14-16,19,22H,3-7,9-10,13H2,1-2H3,(H,36,42)(H,37,41)/t19-,22?/m0/s1. The second-order valence-corrected chi connectivity index (χ2v) is 12.6. The summed E-state index contributed by atoms with van der Waals surface area (Å²) in [4.78, 5) is 30.4. The zero-order valence-corrected chi connectivity index (χ0v) is 24.0. The molecule has 0 aliphatic heterocycles. The zero-order chi connectivity index (χ0) is 31.4. The van der Waals surface area contributed by atoms with Gasteiger partial charge in [0.1, 0.15) is 5.69 Å². The second-order valence-electron chi connectivity index (χ2n) is 12.6. The molecule has 2 atom stereocenters. The smallest absolute Gasteiger partial charge is 0.364 e. The molecule has 3 fully saturated rings. The van der Waals surface area contributed by atoms with E-state index in [1.165, 1.54) is 10.7 Å². The molecule has 44 heavy (non-hydrogen) atoms. The fourth-order valence-electron chi connectivity index (χ4n) is 5.35. The molecule has 0 saturated heterocycles. The number of nitrogens with one attached hydrogen (secondary N) is 2. The van der Waals surface area contributed by atoms with E-state index < -0.39 is 42.3 Å². The molecular formula is C28H32F5N7O4. The maximum absolute atomic E-state index is 13.6. The Kier molecular flexibility index (Phi) is 7.61. The first-order valence-corrected chi connectivity index (χ1v) is 14.6. The first-order valence-electron chi connectivity index (χ1n) is 14.6. The number of nitrogens with zero attached hydrogens (tertiary/aromatic N) is 5. The van der Waals surface area contributed by atoms with E-state index in [0.29, 0.717) is 16.9 Å². The summed E-state index contributed by atoms with van der Waals surface area (Å²) in [5.41, 5.74) is -1.01. The van der Waals surface area contributed by atoms with Crippen LogP contribution in [0.25, 0.3) is 5.65 Å². The van der Waals surface area contributed by atoms with Crippen LogP contribution in [0.1, 0.15) is 104 Å². The lowest BCUT2D eigenvalue weighted by Gasteiger charge is -2.34. The van der Waals surface area contributed by atoms with Crippen LogP contribution in [0.15, 0.2) is 23.1 Å². The Bertz CT molecular complexity index is 1540. The molecule has 2 N–H and O–H groups in total. The third-order valence-corrected chi connectivity index (χ3v) is 8.43. The molecule has 3 aromatic heterocycles. The first kappa shape index (κ1) is 30.3. The molecule has 11 nitrogen and oxygen atoms in total. The number of carbonyl (C=O) groups excluding carboxylic acids is 2. The lowest BCUT2D eigenvalue weighted by atomic mass is 9.79. The van der Waals surface area contributed by atoms with Crippen molar-refractivity contribution in [3.05, 3.63) is 41.1 Å². The Labute approximate surface area is 248 Å². The largest absolute Gasteiger partial charge is 0.416 e. The van der Waals surface area contributed by atoms with Crippen molar-refractivity contribution >= 4 is 17.5 Å². The highest BCUT2D eigenvalue weighted by Crippen LogP contribution is 2.45. The molecule has 16 heteroatoms. The summed E-state index contributed by atoms with van der Waals surface area (Å²) in [6, 6.07) is 0.175. The quantitative estimate of drug-likeness (QED) is 0.274. The van der Waals surface area contributed by atoms with Gasteiger partial charge in [0, 0.05) is 25.2 Å². The van der Waals surface area contributed by atoms with Gasteiger partial charge in [-0.25, -0.2) is 22.9 Å². The Balaban J connectivity index is 1.22. The highest BCUT2D eigenvalue weighted by molar-refractivity contribution is 5.93. The van der Waals surface area contributed by atoms with Crippen LogP contribution >= 0.6 is 0 Å². The van der Waals surface area contributed by atoms with Crippen LogP contribution in [0.4, 0.5) is 22.0 Å². The highest BCUT2D eigenvalue weighted by Gasteiger charge is 2.49. The van der Waals surface area contributed by atoms with Crippen molar-refractivity contribution in [1.82, 2.24) is 35.5 Å². The number of hydrogen-bond acceptors (Lipinski definition) is 8. The fourth-order valence-corrected chi connectivity index (χ4v) is 5.35. The summed E-state index contributed by atoms with van der Waals surface area (Å²) in [6.45, 7) is 1.21. The summed E-state index contributed by atoms with van der Waals surface area (Å²) in [7, 11) is 0. The number of rotatable bonds is 12. The van der Waals surface area contributed by atoms with Gasteiger partial charge in [0.15, 0.2) is 16.9 Å². The third kappa shape index (κ3) is 6.54. The van der Waals surface area contributed by atoms with Crippen LogP contribution in [0, 0.1) is 11.8 Å². The van der Waals surface area contributed by atoms with Gasteiger partial charge < -0.3 is 15.4 Å². The Morgan fingerprint density at radius 2 is 1.86 bits per heavy atom. The van der Waals surface area contributed by atoms with E-state index in [2.05, 4.69) is 31.0 Å². The van der Waals surface area contributed by atoms with Gasteiger partial charge in [-0.15, -0.1) is 0 Å². The molecule has 0 bridgehead atoms. The van der Waals surface area contributed by atoms with Gasteiger partial charge in [0.2, 0.25) is 11.8 Å². The first-order chi connectivity index (χ1) is 20.7. The van der Waals surface area contributed by atoms with E-state index in [1.807, 2.05) is 0 Å². The maximum Gasteiger partial charge on any atom is 0.416 e. The molecule has 3 saturated carbocycles. The summed E-state index contributed by atoms with van der Waals surface area (Å²) in [5.74, 6) is -3.88. The van der Waals surface area contributed by atoms with Crippen molar-refractivity contribution in [1.29, 1.82) is 0 Å². The molecular weight excluding hydrogens is 593 g/mol. The van der Waals surface area contributed by atoms with Crippen LogP contribution in [-0.2, 0) is 9.53 Å². The monoisotopic (exact) mass is 625 g/mol. The van der Waals surface area contributed by atoms with E-state index in [9.17, 15) is 31.5 Å². The average Bonchev–Trinajstić information content (AvgIpc) is 3.86. The van der Waals surface area contributed by atoms with E-state index in [4.69, 9.17) is 9.37 Å². The molecule has 3 aliphatic rings. The third-order valence-electron chi connectivity index (χ3n) is 8.43. The fraction of sp³-hybridized carbons (Fsp3) is 0.643. The SMILES string of the molecule is CC(C)(OC[C@H](NC(=O)c1nonc1C1CC1)c1cn2ncc(C(NC(=O)CC3CC(F)(F)C3)C3CC3)cc2n1)C(F)(F)F. The Morgan fingerprint density at radius 3 is 2.50 bits per heavy atom. The van der Waals surface area contributed by atoms with E-state index in [0.717, 1.165) is 39.5 Å². The van der Waals surface area contributed by atoms with Crippen molar-refractivity contribution in [3.8, 4) is 0 Å². The lowest BCUT2D eigenvalue weighted by molar-refractivity contribution is -0.265. The second kappa shape index (κ2) is 11.0. The number of fused-ring (bicyclic) bond motifs is 1. The minimum absolute atomic E-state index is 0.0150. The molecule has 3 aromatic rings. The minimum Gasteiger partial charge on any atom is -0.364 e. The minimum atomic E-state index is -4.67. The topological polar surface area (TPSA) is 137 Å². The number of aromatic nitrogens is 5. The van der Waals surface area contributed by atoms with Crippen molar-refractivity contribution < 1.29 is 40.9 Å². The van der Waals surface area contributed by atoms with Crippen molar-refractivity contribution in [2.75, 3.05) is 6.61 Å². The molecule has 238 valence electrons. The predicted molar refractivity (Wildman–Crippen MR) is 141 cm³/mol. The van der Waals surface area contributed by atoms with Crippen LogP contribution < -0.4 is 10.6 Å². The number of carbonyl (C=O) groups is 2. The summed E-state index contributed by atoms with van der Waals surface area (Å²) < 4.78 is 78.5. The van der Waals surface area contributed by atoms with Gasteiger partial charge in [-0.05, 0) is 68.2 Å². The van der Waals surface area contributed by atoms with Gasteiger partial charge in [-0.3, -0.25) is 9.59 Å². The van der Waals surface area contributed by atoms with Crippen LogP contribution in [0.3, 0.4) is 0 Å². The van der Waals surface area contributed by atoms with Crippen molar-refractivity contribution in [3.63, 3.8) is 0 Å². The number of imidazole rings is 1. The van der Waals surface area contributed by atoms with Crippen molar-refractivity contribution in [2.45, 2.75) is 94.5 Å².